The Kier molecular flexibility index (Phi) is 5.55. The van der Waals surface area contributed by atoms with Crippen LogP contribution < -0.4 is 5.32 Å². The number of nitrogens with zero attached hydrogens (tertiary/aromatic N) is 1. The van der Waals surface area contributed by atoms with Crippen LogP contribution in [-0.4, -0.2) is 22.2 Å². The average molecular weight is 360 g/mol. The lowest BCUT2D eigenvalue weighted by atomic mass is 9.89. The van der Waals surface area contributed by atoms with Crippen LogP contribution in [0.2, 0.25) is 0 Å². The van der Waals surface area contributed by atoms with Gasteiger partial charge in [0.05, 0.1) is 22.9 Å². The fraction of sp³-hybridized carbons (Fsp3) is 0.733. The molecule has 18 heavy (non-hydrogen) atoms. The molecule has 1 saturated carbocycles. The van der Waals surface area contributed by atoms with E-state index >= 15 is 0 Å². The van der Waals surface area contributed by atoms with Crippen molar-refractivity contribution >= 4 is 22.9 Å². The van der Waals surface area contributed by atoms with Crippen LogP contribution in [0.15, 0.2) is 23.9 Å². The molecule has 3 heteroatoms. The molecule has 0 spiro atoms. The highest BCUT2D eigenvalue weighted by molar-refractivity contribution is 14.1. The van der Waals surface area contributed by atoms with Crippen LogP contribution in [0.5, 0.6) is 0 Å². The van der Waals surface area contributed by atoms with Crippen molar-refractivity contribution in [2.75, 3.05) is 7.05 Å². The Morgan fingerprint density at radius 2 is 1.94 bits per heavy atom. The second-order valence-corrected chi connectivity index (χ2v) is 7.04. The number of allylic oxidation sites excluding steroid dienone is 2. The molecular formula is C15H25IN2. The monoisotopic (exact) mass is 360 g/mol. The lowest BCUT2D eigenvalue weighted by Gasteiger charge is -2.34. The van der Waals surface area contributed by atoms with Crippen molar-refractivity contribution in [3.05, 3.63) is 23.9 Å². The fourth-order valence-electron chi connectivity index (χ4n) is 3.23. The Bertz CT molecular complexity index is 316. The average Bonchev–Trinajstić information content (AvgIpc) is 2.40. The summed E-state index contributed by atoms with van der Waals surface area (Å²) in [4.78, 5) is 0. The molecule has 1 fully saturated rings. The zero-order valence-corrected chi connectivity index (χ0v) is 13.6. The summed E-state index contributed by atoms with van der Waals surface area (Å²) in [7, 11) is 2.14. The van der Waals surface area contributed by atoms with Gasteiger partial charge in [0.25, 0.3) is 0 Å². The van der Waals surface area contributed by atoms with Crippen molar-refractivity contribution in [3.8, 4) is 0 Å². The molecule has 0 saturated heterocycles. The van der Waals surface area contributed by atoms with E-state index < -0.39 is 0 Å². The molecule has 102 valence electrons. The molecular weight excluding hydrogens is 335 g/mol. The molecule has 1 unspecified atom stereocenters. The van der Waals surface area contributed by atoms with E-state index in [2.05, 4.69) is 44.9 Å². The lowest BCUT2D eigenvalue weighted by Crippen LogP contribution is -2.41. The van der Waals surface area contributed by atoms with Gasteiger partial charge in [-0.05, 0) is 31.3 Å². The minimum Gasteiger partial charge on any atom is -0.321 e. The van der Waals surface area contributed by atoms with E-state index in [1.54, 1.807) is 0 Å². The third kappa shape index (κ3) is 3.73. The quantitative estimate of drug-likeness (QED) is 0.598. The van der Waals surface area contributed by atoms with Gasteiger partial charge in [-0.2, -0.15) is 0 Å². The Morgan fingerprint density at radius 3 is 2.56 bits per heavy atom. The predicted octanol–water partition coefficient (Wildman–Crippen LogP) is 4.18. The molecule has 0 radical (unpaired) electrons. The van der Waals surface area contributed by atoms with E-state index in [4.69, 9.17) is 0 Å². The molecule has 1 atom stereocenters. The van der Waals surface area contributed by atoms with E-state index in [0.29, 0.717) is 6.04 Å². The van der Waals surface area contributed by atoms with Gasteiger partial charge in [-0.15, -0.1) is 0 Å². The molecule has 2 aliphatic rings. The SMILES string of the molecule is C=CC1=C(N(C)I)CC(NC2CCCCC2)CC1. The predicted molar refractivity (Wildman–Crippen MR) is 86.7 cm³/mol. The molecule has 2 rings (SSSR count). The molecule has 0 aromatic carbocycles. The van der Waals surface area contributed by atoms with Crippen LogP contribution in [0.1, 0.15) is 51.4 Å². The van der Waals surface area contributed by atoms with E-state index in [-0.39, 0.29) is 0 Å². The maximum atomic E-state index is 3.95. The smallest absolute Gasteiger partial charge is 0.0585 e. The van der Waals surface area contributed by atoms with Crippen molar-refractivity contribution in [1.29, 1.82) is 0 Å². The van der Waals surface area contributed by atoms with E-state index in [1.807, 2.05) is 6.08 Å². The van der Waals surface area contributed by atoms with Crippen molar-refractivity contribution in [1.82, 2.24) is 8.43 Å². The minimum atomic E-state index is 0.670. The van der Waals surface area contributed by atoms with E-state index in [9.17, 15) is 0 Å². The third-order valence-corrected chi connectivity index (χ3v) is 4.85. The van der Waals surface area contributed by atoms with Crippen LogP contribution >= 0.6 is 22.9 Å². The first-order chi connectivity index (χ1) is 8.70. The van der Waals surface area contributed by atoms with Crippen LogP contribution in [0.25, 0.3) is 0 Å². The zero-order valence-electron chi connectivity index (χ0n) is 11.4. The van der Waals surface area contributed by atoms with Gasteiger partial charge in [-0.3, -0.25) is 0 Å². The van der Waals surface area contributed by atoms with Gasteiger partial charge < -0.3 is 8.43 Å². The summed E-state index contributed by atoms with van der Waals surface area (Å²) in [5, 5.41) is 3.89. The number of nitrogens with one attached hydrogen (secondary N) is 1. The summed E-state index contributed by atoms with van der Waals surface area (Å²) in [6.07, 6.45) is 12.7. The fourth-order valence-corrected chi connectivity index (χ4v) is 3.74. The molecule has 0 heterocycles. The van der Waals surface area contributed by atoms with E-state index in [1.165, 1.54) is 56.2 Å². The van der Waals surface area contributed by atoms with Gasteiger partial charge in [0.2, 0.25) is 0 Å². The van der Waals surface area contributed by atoms with Gasteiger partial charge in [0, 0.05) is 31.2 Å². The van der Waals surface area contributed by atoms with Crippen LogP contribution in [0.4, 0.5) is 0 Å². The van der Waals surface area contributed by atoms with Gasteiger partial charge in [-0.1, -0.05) is 31.9 Å². The standard InChI is InChI=1S/C15H25IN2/c1-3-12-9-10-14(11-15(12)18(2)16)17-13-7-5-4-6-8-13/h3,13-14,17H,1,4-11H2,2H3. The lowest BCUT2D eigenvalue weighted by molar-refractivity contribution is 0.315. The molecule has 0 bridgehead atoms. The summed E-state index contributed by atoms with van der Waals surface area (Å²) in [6.45, 7) is 3.95. The second kappa shape index (κ2) is 6.94. The third-order valence-electron chi connectivity index (χ3n) is 4.27. The Morgan fingerprint density at radius 1 is 1.22 bits per heavy atom. The van der Waals surface area contributed by atoms with Crippen molar-refractivity contribution in [3.63, 3.8) is 0 Å². The molecule has 0 aromatic rings. The molecule has 0 aromatic heterocycles. The highest BCUT2D eigenvalue weighted by Crippen LogP contribution is 2.30. The number of rotatable bonds is 4. The van der Waals surface area contributed by atoms with Crippen molar-refractivity contribution in [2.45, 2.75) is 63.5 Å². The van der Waals surface area contributed by atoms with Crippen LogP contribution in [0, 0.1) is 0 Å². The maximum absolute atomic E-state index is 3.95. The molecule has 2 nitrogen and oxygen atoms in total. The summed E-state index contributed by atoms with van der Waals surface area (Å²) < 4.78 is 2.24. The van der Waals surface area contributed by atoms with Crippen LogP contribution in [0.3, 0.4) is 0 Å². The van der Waals surface area contributed by atoms with Crippen LogP contribution in [-0.2, 0) is 0 Å². The minimum absolute atomic E-state index is 0.670. The highest BCUT2D eigenvalue weighted by Gasteiger charge is 2.24. The number of hydrogen-bond acceptors (Lipinski definition) is 2. The molecule has 0 aliphatic heterocycles. The van der Waals surface area contributed by atoms with Crippen molar-refractivity contribution in [2.24, 2.45) is 0 Å². The first kappa shape index (κ1) is 14.4. The first-order valence-electron chi connectivity index (χ1n) is 7.20. The normalized spacial score (nSPS) is 26.2. The van der Waals surface area contributed by atoms with Gasteiger partial charge in [-0.25, -0.2) is 0 Å². The Labute approximate surface area is 125 Å². The largest absolute Gasteiger partial charge is 0.321 e. The van der Waals surface area contributed by atoms with E-state index in [0.717, 1.165) is 12.5 Å². The second-order valence-electron chi connectivity index (χ2n) is 5.59. The zero-order chi connectivity index (χ0) is 13.0. The van der Waals surface area contributed by atoms with Gasteiger partial charge in [0.1, 0.15) is 0 Å². The number of hydrogen-bond donors (Lipinski definition) is 1. The molecule has 2 aliphatic carbocycles. The molecule has 1 N–H and O–H groups in total. The summed E-state index contributed by atoms with van der Waals surface area (Å²) in [5.41, 5.74) is 2.90. The number of halogens is 1. The first-order valence-corrected chi connectivity index (χ1v) is 8.17. The van der Waals surface area contributed by atoms with Gasteiger partial charge in [0.15, 0.2) is 0 Å². The topological polar surface area (TPSA) is 15.3 Å². The highest BCUT2D eigenvalue weighted by atomic mass is 127. The Hall–Kier alpha value is -0.0300. The van der Waals surface area contributed by atoms with Crippen molar-refractivity contribution < 1.29 is 0 Å². The summed E-state index contributed by atoms with van der Waals surface area (Å²) >= 11 is 2.38. The summed E-state index contributed by atoms with van der Waals surface area (Å²) in [6, 6.07) is 1.44. The molecule has 0 amide bonds. The van der Waals surface area contributed by atoms with Gasteiger partial charge >= 0.3 is 0 Å². The summed E-state index contributed by atoms with van der Waals surface area (Å²) in [5.74, 6) is 0. The maximum Gasteiger partial charge on any atom is 0.0585 e. The Balaban J connectivity index is 1.92.